The van der Waals surface area contributed by atoms with Crippen LogP contribution in [-0.2, 0) is 16.1 Å². The van der Waals surface area contributed by atoms with Crippen molar-refractivity contribution in [1.29, 1.82) is 0 Å². The standard InChI is InChI=1S/C25H30N4O3S/c1-18(19-8-5-4-6-9-19)28(2)23(30)17-33-25-27-26-24(20-11-13-21(31-3)14-12-20)29(25)16-22-10-7-15-32-22/h4-6,8-9,11-14,18,22H,7,10,15-17H2,1-3H3/t18-,22-/m0/s1. The zero-order valence-corrected chi connectivity index (χ0v) is 20.1. The number of ether oxygens (including phenoxy) is 2. The number of nitrogens with zero attached hydrogens (tertiary/aromatic N) is 4. The number of aromatic nitrogens is 3. The third-order valence-corrected chi connectivity index (χ3v) is 7.01. The smallest absolute Gasteiger partial charge is 0.233 e. The Kier molecular flexibility index (Phi) is 7.67. The van der Waals surface area contributed by atoms with Crippen LogP contribution in [0.3, 0.4) is 0 Å². The van der Waals surface area contributed by atoms with Crippen LogP contribution in [0.4, 0.5) is 0 Å². The molecule has 0 radical (unpaired) electrons. The lowest BCUT2D eigenvalue weighted by Crippen LogP contribution is -2.31. The molecule has 33 heavy (non-hydrogen) atoms. The average Bonchev–Trinajstić information content (AvgIpc) is 3.52. The quantitative estimate of drug-likeness (QED) is 0.434. The van der Waals surface area contributed by atoms with Gasteiger partial charge in [0.25, 0.3) is 0 Å². The molecule has 0 unspecified atom stereocenters. The molecule has 0 spiro atoms. The Bertz CT molecular complexity index is 1050. The van der Waals surface area contributed by atoms with Gasteiger partial charge < -0.3 is 14.4 Å². The number of carbonyl (C=O) groups is 1. The Balaban J connectivity index is 1.50. The molecule has 7 nitrogen and oxygen atoms in total. The van der Waals surface area contributed by atoms with Crippen molar-refractivity contribution in [2.45, 2.75) is 43.6 Å². The van der Waals surface area contributed by atoms with Crippen LogP contribution >= 0.6 is 11.8 Å². The van der Waals surface area contributed by atoms with Crippen molar-refractivity contribution in [3.63, 3.8) is 0 Å². The van der Waals surface area contributed by atoms with E-state index in [0.717, 1.165) is 47.3 Å². The first-order chi connectivity index (χ1) is 16.1. The molecule has 1 aliphatic heterocycles. The molecular formula is C25H30N4O3S. The van der Waals surface area contributed by atoms with Crippen molar-refractivity contribution in [2.24, 2.45) is 0 Å². The number of thioether (sulfide) groups is 1. The minimum absolute atomic E-state index is 0.00100. The van der Waals surface area contributed by atoms with E-state index < -0.39 is 0 Å². The summed E-state index contributed by atoms with van der Waals surface area (Å²) in [6, 6.07) is 17.8. The summed E-state index contributed by atoms with van der Waals surface area (Å²) in [5.41, 5.74) is 2.07. The van der Waals surface area contributed by atoms with Gasteiger partial charge in [-0.3, -0.25) is 9.36 Å². The monoisotopic (exact) mass is 466 g/mol. The maximum atomic E-state index is 12.9. The predicted molar refractivity (Wildman–Crippen MR) is 129 cm³/mol. The lowest BCUT2D eigenvalue weighted by Gasteiger charge is -2.25. The van der Waals surface area contributed by atoms with Crippen LogP contribution in [0.2, 0.25) is 0 Å². The highest BCUT2D eigenvalue weighted by Crippen LogP contribution is 2.28. The van der Waals surface area contributed by atoms with Crippen LogP contribution in [0.15, 0.2) is 59.8 Å². The second-order valence-corrected chi connectivity index (χ2v) is 9.10. The van der Waals surface area contributed by atoms with Crippen LogP contribution in [0.5, 0.6) is 5.75 Å². The molecule has 2 atom stereocenters. The Labute approximate surface area is 199 Å². The first kappa shape index (κ1) is 23.3. The summed E-state index contributed by atoms with van der Waals surface area (Å²) in [6.07, 6.45) is 2.21. The predicted octanol–water partition coefficient (Wildman–Crippen LogP) is 4.44. The van der Waals surface area contributed by atoms with Gasteiger partial charge in [0.1, 0.15) is 5.75 Å². The molecule has 1 aromatic heterocycles. The number of rotatable bonds is 9. The Morgan fingerprint density at radius 1 is 1.21 bits per heavy atom. The Morgan fingerprint density at radius 3 is 2.64 bits per heavy atom. The molecule has 1 aliphatic rings. The number of hydrogen-bond acceptors (Lipinski definition) is 6. The van der Waals surface area contributed by atoms with Gasteiger partial charge in [-0.1, -0.05) is 42.1 Å². The Hall–Kier alpha value is -2.84. The molecule has 3 aromatic rings. The summed E-state index contributed by atoms with van der Waals surface area (Å²) in [4.78, 5) is 14.7. The van der Waals surface area contributed by atoms with Gasteiger partial charge in [0.05, 0.1) is 31.6 Å². The summed E-state index contributed by atoms with van der Waals surface area (Å²) in [5.74, 6) is 1.91. The minimum Gasteiger partial charge on any atom is -0.497 e. The SMILES string of the molecule is COc1ccc(-c2nnc(SCC(=O)N(C)[C@@H](C)c3ccccc3)n2C[C@@H]2CCCO2)cc1. The van der Waals surface area contributed by atoms with E-state index in [1.54, 1.807) is 12.0 Å². The van der Waals surface area contributed by atoms with Gasteiger partial charge >= 0.3 is 0 Å². The molecule has 2 heterocycles. The maximum Gasteiger partial charge on any atom is 0.233 e. The highest BCUT2D eigenvalue weighted by Gasteiger charge is 2.23. The lowest BCUT2D eigenvalue weighted by molar-refractivity contribution is -0.128. The summed E-state index contributed by atoms with van der Waals surface area (Å²) < 4.78 is 13.2. The van der Waals surface area contributed by atoms with Crippen LogP contribution in [0.1, 0.15) is 31.4 Å². The molecule has 1 amide bonds. The summed E-state index contributed by atoms with van der Waals surface area (Å²) in [5, 5.41) is 9.62. The molecule has 0 bridgehead atoms. The van der Waals surface area contributed by atoms with Gasteiger partial charge in [-0.25, -0.2) is 0 Å². The molecule has 1 fully saturated rings. The second kappa shape index (κ2) is 10.9. The molecule has 1 saturated heterocycles. The van der Waals surface area contributed by atoms with Crippen molar-refractivity contribution in [1.82, 2.24) is 19.7 Å². The minimum atomic E-state index is -0.00100. The first-order valence-electron chi connectivity index (χ1n) is 11.2. The Morgan fingerprint density at radius 2 is 1.97 bits per heavy atom. The van der Waals surface area contributed by atoms with E-state index in [0.29, 0.717) is 12.3 Å². The van der Waals surface area contributed by atoms with E-state index in [2.05, 4.69) is 14.8 Å². The number of amides is 1. The highest BCUT2D eigenvalue weighted by atomic mass is 32.2. The molecule has 0 saturated carbocycles. The lowest BCUT2D eigenvalue weighted by atomic mass is 10.1. The van der Waals surface area contributed by atoms with E-state index in [1.807, 2.05) is 68.6 Å². The fourth-order valence-electron chi connectivity index (χ4n) is 3.90. The zero-order valence-electron chi connectivity index (χ0n) is 19.3. The van der Waals surface area contributed by atoms with Crippen molar-refractivity contribution in [3.05, 3.63) is 60.2 Å². The van der Waals surface area contributed by atoms with Gasteiger partial charge in [-0.15, -0.1) is 10.2 Å². The largest absolute Gasteiger partial charge is 0.497 e. The molecular weight excluding hydrogens is 436 g/mol. The van der Waals surface area contributed by atoms with E-state index in [1.165, 1.54) is 11.8 Å². The van der Waals surface area contributed by atoms with Gasteiger partial charge in [0.15, 0.2) is 11.0 Å². The van der Waals surface area contributed by atoms with Gasteiger partial charge in [-0.05, 0) is 49.6 Å². The third-order valence-electron chi connectivity index (χ3n) is 6.06. The van der Waals surface area contributed by atoms with Crippen molar-refractivity contribution >= 4 is 17.7 Å². The number of hydrogen-bond donors (Lipinski definition) is 0. The van der Waals surface area contributed by atoms with Crippen molar-refractivity contribution < 1.29 is 14.3 Å². The molecule has 8 heteroatoms. The fourth-order valence-corrected chi connectivity index (χ4v) is 4.78. The van der Waals surface area contributed by atoms with Crippen LogP contribution in [0.25, 0.3) is 11.4 Å². The van der Waals surface area contributed by atoms with Gasteiger partial charge in [0.2, 0.25) is 5.91 Å². The van der Waals surface area contributed by atoms with Crippen LogP contribution in [-0.4, -0.2) is 58.2 Å². The molecule has 0 N–H and O–H groups in total. The van der Waals surface area contributed by atoms with Crippen molar-refractivity contribution in [3.8, 4) is 17.1 Å². The van der Waals surface area contributed by atoms with Crippen LogP contribution < -0.4 is 4.74 Å². The third kappa shape index (κ3) is 5.57. The highest BCUT2D eigenvalue weighted by molar-refractivity contribution is 7.99. The first-order valence-corrected chi connectivity index (χ1v) is 12.2. The average molecular weight is 467 g/mol. The summed E-state index contributed by atoms with van der Waals surface area (Å²) >= 11 is 1.42. The number of benzene rings is 2. The molecule has 174 valence electrons. The van der Waals surface area contributed by atoms with Crippen LogP contribution in [0, 0.1) is 0 Å². The van der Waals surface area contributed by atoms with Gasteiger partial charge in [-0.2, -0.15) is 0 Å². The second-order valence-electron chi connectivity index (χ2n) is 8.16. The van der Waals surface area contributed by atoms with E-state index in [4.69, 9.17) is 9.47 Å². The normalized spacial score (nSPS) is 16.5. The maximum absolute atomic E-state index is 12.9. The summed E-state index contributed by atoms with van der Waals surface area (Å²) in [6.45, 7) is 3.49. The topological polar surface area (TPSA) is 69.5 Å². The fraction of sp³-hybridized carbons (Fsp3) is 0.400. The summed E-state index contributed by atoms with van der Waals surface area (Å²) in [7, 11) is 3.50. The van der Waals surface area contributed by atoms with Crippen molar-refractivity contribution in [2.75, 3.05) is 26.5 Å². The van der Waals surface area contributed by atoms with Gasteiger partial charge in [0, 0.05) is 19.2 Å². The van der Waals surface area contributed by atoms with E-state index >= 15 is 0 Å². The zero-order chi connectivity index (χ0) is 23.2. The van der Waals surface area contributed by atoms with E-state index in [9.17, 15) is 4.79 Å². The molecule has 2 aromatic carbocycles. The number of carbonyl (C=O) groups excluding carboxylic acids is 1. The molecule has 4 rings (SSSR count). The number of methoxy groups -OCH3 is 1. The molecule has 0 aliphatic carbocycles. The van der Waals surface area contributed by atoms with E-state index in [-0.39, 0.29) is 18.1 Å².